The highest BCUT2D eigenvalue weighted by Crippen LogP contribution is 2.31. The van der Waals surface area contributed by atoms with Crippen LogP contribution in [0, 0.1) is 0 Å². The van der Waals surface area contributed by atoms with E-state index in [9.17, 15) is 4.79 Å². The quantitative estimate of drug-likeness (QED) is 0.688. The van der Waals surface area contributed by atoms with Gasteiger partial charge in [0.1, 0.15) is 5.60 Å². The molecule has 0 N–H and O–H groups in total. The van der Waals surface area contributed by atoms with Crippen molar-refractivity contribution in [2.24, 2.45) is 0 Å². The fourth-order valence-corrected chi connectivity index (χ4v) is 2.58. The second-order valence-corrected chi connectivity index (χ2v) is 7.61. The third-order valence-electron chi connectivity index (χ3n) is 3.73. The van der Waals surface area contributed by atoms with Crippen LogP contribution in [0.15, 0.2) is 12.3 Å². The Bertz CT molecular complexity index is 568. The van der Waals surface area contributed by atoms with E-state index in [1.54, 1.807) is 18.2 Å². The van der Waals surface area contributed by atoms with Crippen LogP contribution in [0.5, 0.6) is 0 Å². The monoisotopic (exact) mass is 354 g/mol. The van der Waals surface area contributed by atoms with Crippen molar-refractivity contribution in [2.75, 3.05) is 13.7 Å². The Morgan fingerprint density at radius 2 is 2.12 bits per heavy atom. The van der Waals surface area contributed by atoms with E-state index in [0.717, 1.165) is 36.9 Å². The molecule has 1 heterocycles. The van der Waals surface area contributed by atoms with Gasteiger partial charge >= 0.3 is 6.09 Å². The molecule has 24 heavy (non-hydrogen) atoms. The summed E-state index contributed by atoms with van der Waals surface area (Å²) in [6, 6.07) is 2.23. The molecule has 0 bridgehead atoms. The summed E-state index contributed by atoms with van der Waals surface area (Å²) in [4.78, 5) is 18.6. The molecule has 0 radical (unpaired) electrons. The summed E-state index contributed by atoms with van der Waals surface area (Å²) in [6.45, 7) is 6.79. The number of amides is 1. The highest BCUT2D eigenvalue weighted by atomic mass is 35.5. The Hall–Kier alpha value is -1.33. The van der Waals surface area contributed by atoms with E-state index in [1.807, 2.05) is 26.8 Å². The zero-order valence-electron chi connectivity index (χ0n) is 15.0. The number of carbonyl (C=O) groups excluding carboxylic acids is 1. The second kappa shape index (κ2) is 8.17. The minimum atomic E-state index is -0.502. The van der Waals surface area contributed by atoms with Crippen LogP contribution < -0.4 is 0 Å². The molecule has 134 valence electrons. The van der Waals surface area contributed by atoms with Gasteiger partial charge in [-0.3, -0.25) is 4.98 Å². The molecule has 0 aromatic carbocycles. The first-order valence-electron chi connectivity index (χ1n) is 8.42. The van der Waals surface area contributed by atoms with Gasteiger partial charge in [-0.25, -0.2) is 4.79 Å². The summed E-state index contributed by atoms with van der Waals surface area (Å²) < 4.78 is 10.6. The van der Waals surface area contributed by atoms with Crippen LogP contribution in [0.1, 0.15) is 51.3 Å². The van der Waals surface area contributed by atoms with E-state index in [2.05, 4.69) is 4.98 Å². The van der Waals surface area contributed by atoms with Crippen molar-refractivity contribution in [2.45, 2.75) is 64.6 Å². The van der Waals surface area contributed by atoms with E-state index in [-0.39, 0.29) is 12.1 Å². The highest BCUT2D eigenvalue weighted by molar-refractivity contribution is 6.31. The zero-order valence-corrected chi connectivity index (χ0v) is 15.7. The van der Waals surface area contributed by atoms with E-state index >= 15 is 0 Å². The number of carbonyl (C=O) groups is 1. The number of ether oxygens (including phenoxy) is 2. The fraction of sp³-hybridized carbons (Fsp3) is 0.667. The molecule has 0 saturated heterocycles. The molecule has 6 heteroatoms. The lowest BCUT2D eigenvalue weighted by molar-refractivity contribution is 0.0216. The van der Waals surface area contributed by atoms with Crippen molar-refractivity contribution < 1.29 is 14.3 Å². The largest absolute Gasteiger partial charge is 0.444 e. The molecule has 2 rings (SSSR count). The number of pyridine rings is 1. The van der Waals surface area contributed by atoms with Crippen LogP contribution in [-0.4, -0.2) is 41.3 Å². The second-order valence-electron chi connectivity index (χ2n) is 7.20. The van der Waals surface area contributed by atoms with Gasteiger partial charge < -0.3 is 14.4 Å². The molecule has 0 spiro atoms. The predicted molar refractivity (Wildman–Crippen MR) is 94.2 cm³/mol. The van der Waals surface area contributed by atoms with Crippen LogP contribution in [0.3, 0.4) is 0 Å². The van der Waals surface area contributed by atoms with E-state index < -0.39 is 5.60 Å². The molecule has 1 saturated carbocycles. The summed E-state index contributed by atoms with van der Waals surface area (Å²) >= 11 is 6.30. The smallest absolute Gasteiger partial charge is 0.410 e. The van der Waals surface area contributed by atoms with Gasteiger partial charge in [0.25, 0.3) is 0 Å². The van der Waals surface area contributed by atoms with Crippen molar-refractivity contribution >= 4 is 17.7 Å². The van der Waals surface area contributed by atoms with Crippen molar-refractivity contribution in [1.29, 1.82) is 0 Å². The number of aryl methyl sites for hydroxylation is 1. The lowest BCUT2D eigenvalue weighted by Gasteiger charge is -2.27. The molecule has 1 aliphatic carbocycles. The Morgan fingerprint density at radius 1 is 1.42 bits per heavy atom. The molecule has 0 aliphatic heterocycles. The van der Waals surface area contributed by atoms with Gasteiger partial charge in [0.15, 0.2) is 0 Å². The molecule has 1 aromatic heterocycles. The summed E-state index contributed by atoms with van der Waals surface area (Å²) in [7, 11) is 1.69. The summed E-state index contributed by atoms with van der Waals surface area (Å²) in [5, 5.41) is 0.583. The van der Waals surface area contributed by atoms with Crippen molar-refractivity contribution in [3.05, 3.63) is 28.5 Å². The summed E-state index contributed by atoms with van der Waals surface area (Å²) in [5.41, 5.74) is 1.38. The number of methoxy groups -OCH3 is 1. The number of hydrogen-bond donors (Lipinski definition) is 0. The minimum absolute atomic E-state index is 0.251. The maximum atomic E-state index is 12.5. The Kier molecular flexibility index (Phi) is 6.47. The van der Waals surface area contributed by atoms with Gasteiger partial charge in [-0.05, 0) is 58.1 Å². The van der Waals surface area contributed by atoms with Gasteiger partial charge in [0.05, 0.1) is 11.6 Å². The van der Waals surface area contributed by atoms with E-state index in [1.165, 1.54) is 0 Å². The van der Waals surface area contributed by atoms with Crippen LogP contribution in [0.4, 0.5) is 4.79 Å². The maximum absolute atomic E-state index is 12.5. The summed E-state index contributed by atoms with van der Waals surface area (Å²) in [5.74, 6) is 0. The van der Waals surface area contributed by atoms with Gasteiger partial charge in [-0.2, -0.15) is 0 Å². The number of nitrogens with zero attached hydrogens (tertiary/aromatic N) is 2. The molecule has 1 aromatic rings. The normalized spacial score (nSPS) is 14.5. The number of rotatable bonds is 7. The Labute approximate surface area is 149 Å². The third kappa shape index (κ3) is 5.95. The van der Waals surface area contributed by atoms with Crippen LogP contribution in [-0.2, 0) is 22.4 Å². The van der Waals surface area contributed by atoms with E-state index in [0.29, 0.717) is 18.2 Å². The van der Waals surface area contributed by atoms with Crippen molar-refractivity contribution in [1.82, 2.24) is 9.88 Å². The fourth-order valence-electron chi connectivity index (χ4n) is 2.42. The molecular formula is C18H27ClN2O3. The van der Waals surface area contributed by atoms with Crippen LogP contribution in [0.2, 0.25) is 5.02 Å². The van der Waals surface area contributed by atoms with Gasteiger partial charge in [0, 0.05) is 31.6 Å². The van der Waals surface area contributed by atoms with Gasteiger partial charge in [-0.15, -0.1) is 0 Å². The van der Waals surface area contributed by atoms with Gasteiger partial charge in [-0.1, -0.05) is 11.6 Å². The first-order valence-corrected chi connectivity index (χ1v) is 8.80. The van der Waals surface area contributed by atoms with Crippen molar-refractivity contribution in [3.63, 3.8) is 0 Å². The lowest BCUT2D eigenvalue weighted by Crippen LogP contribution is -2.37. The standard InChI is InChI=1S/C18H27ClN2O3/c1-18(2,3)24-17(22)21(15-7-8-15)12-13-10-14(6-5-9-23-4)20-11-16(13)19/h10-11,15H,5-9,12H2,1-4H3. The lowest BCUT2D eigenvalue weighted by atomic mass is 10.1. The molecule has 1 fully saturated rings. The molecular weight excluding hydrogens is 328 g/mol. The molecule has 1 aliphatic rings. The number of aromatic nitrogens is 1. The number of halogens is 1. The zero-order chi connectivity index (χ0) is 17.7. The summed E-state index contributed by atoms with van der Waals surface area (Å²) in [6.07, 6.45) is 5.15. The Balaban J connectivity index is 2.08. The highest BCUT2D eigenvalue weighted by Gasteiger charge is 2.35. The van der Waals surface area contributed by atoms with Crippen LogP contribution in [0.25, 0.3) is 0 Å². The third-order valence-corrected chi connectivity index (χ3v) is 4.07. The van der Waals surface area contributed by atoms with E-state index in [4.69, 9.17) is 21.1 Å². The average Bonchev–Trinajstić information content (AvgIpc) is 3.30. The van der Waals surface area contributed by atoms with Crippen molar-refractivity contribution in [3.8, 4) is 0 Å². The minimum Gasteiger partial charge on any atom is -0.444 e. The van der Waals surface area contributed by atoms with Gasteiger partial charge in [0.2, 0.25) is 0 Å². The Morgan fingerprint density at radius 3 is 2.71 bits per heavy atom. The first-order chi connectivity index (χ1) is 11.3. The first kappa shape index (κ1) is 19.0. The topological polar surface area (TPSA) is 51.7 Å². The molecule has 0 atom stereocenters. The van der Waals surface area contributed by atoms with Crippen LogP contribution >= 0.6 is 11.6 Å². The predicted octanol–water partition coefficient (Wildman–Crippen LogP) is 4.21. The molecule has 5 nitrogen and oxygen atoms in total. The number of hydrogen-bond acceptors (Lipinski definition) is 4. The molecule has 1 amide bonds. The molecule has 0 unspecified atom stereocenters. The average molecular weight is 355 g/mol. The maximum Gasteiger partial charge on any atom is 0.410 e. The SMILES string of the molecule is COCCCc1cc(CN(C(=O)OC(C)(C)C)C2CC2)c(Cl)cn1.